The molecule has 0 heterocycles. The van der Waals surface area contributed by atoms with Crippen LogP contribution in [0, 0.1) is 0 Å². The highest BCUT2D eigenvalue weighted by atomic mass is 16.4. The van der Waals surface area contributed by atoms with Crippen molar-refractivity contribution in [1.29, 1.82) is 0 Å². The quantitative estimate of drug-likeness (QED) is 0.542. The monoisotopic (exact) mass is 127 g/mol. The fourth-order valence-electron chi connectivity index (χ4n) is 0.374. The Balaban J connectivity index is 3.86. The molecule has 0 aliphatic rings. The van der Waals surface area contributed by atoms with Crippen molar-refractivity contribution < 1.29 is 9.90 Å². The third kappa shape index (κ3) is 3.34. The first-order valence-electron chi connectivity index (χ1n) is 2.45. The molecule has 3 nitrogen and oxygen atoms in total. The van der Waals surface area contributed by atoms with Gasteiger partial charge < -0.3 is 10.8 Å². The lowest BCUT2D eigenvalue weighted by Crippen LogP contribution is -1.97. The summed E-state index contributed by atoms with van der Waals surface area (Å²) in [4.78, 5) is 9.98. The topological polar surface area (TPSA) is 63.3 Å². The second-order valence-corrected chi connectivity index (χ2v) is 1.52. The highest BCUT2D eigenvalue weighted by Crippen LogP contribution is 1.98. The molecule has 0 aromatic carbocycles. The van der Waals surface area contributed by atoms with Gasteiger partial charge in [-0.1, -0.05) is 12.7 Å². The van der Waals surface area contributed by atoms with Gasteiger partial charge in [-0.25, -0.2) is 0 Å². The molecular formula is C6H9NO2. The van der Waals surface area contributed by atoms with Crippen molar-refractivity contribution in [3.05, 3.63) is 24.4 Å². The van der Waals surface area contributed by atoms with Crippen LogP contribution in [-0.2, 0) is 4.79 Å². The van der Waals surface area contributed by atoms with Crippen LogP contribution in [0.15, 0.2) is 24.4 Å². The maximum Gasteiger partial charge on any atom is 0.307 e. The standard InChI is InChI=1S/C6H9NO2/c1-2-5(4-7)3-6(8)9/h2,4H,1,3,7H2,(H,8,9). The van der Waals surface area contributed by atoms with E-state index in [2.05, 4.69) is 6.58 Å². The third-order valence-electron chi connectivity index (χ3n) is 0.832. The predicted octanol–water partition coefficient (Wildman–Crippen LogP) is 0.490. The van der Waals surface area contributed by atoms with Crippen molar-refractivity contribution in [2.45, 2.75) is 6.42 Å². The minimum absolute atomic E-state index is 0.0556. The molecule has 0 saturated carbocycles. The summed E-state index contributed by atoms with van der Waals surface area (Å²) in [6.45, 7) is 3.37. The fraction of sp³-hybridized carbons (Fsp3) is 0.167. The molecule has 0 radical (unpaired) electrons. The largest absolute Gasteiger partial charge is 0.481 e. The van der Waals surface area contributed by atoms with Gasteiger partial charge in [0.2, 0.25) is 0 Å². The van der Waals surface area contributed by atoms with Crippen LogP contribution < -0.4 is 5.73 Å². The van der Waals surface area contributed by atoms with E-state index in [9.17, 15) is 4.79 Å². The summed E-state index contributed by atoms with van der Waals surface area (Å²) in [5.41, 5.74) is 5.57. The average Bonchev–Trinajstić information content (AvgIpc) is 1.82. The van der Waals surface area contributed by atoms with E-state index in [0.29, 0.717) is 5.57 Å². The molecule has 0 aliphatic carbocycles. The van der Waals surface area contributed by atoms with E-state index >= 15 is 0 Å². The average molecular weight is 127 g/mol. The highest BCUT2D eigenvalue weighted by Gasteiger charge is 1.97. The Morgan fingerprint density at radius 3 is 2.44 bits per heavy atom. The van der Waals surface area contributed by atoms with Gasteiger partial charge in [0.25, 0.3) is 0 Å². The number of aliphatic carboxylic acids is 1. The number of rotatable bonds is 3. The summed E-state index contributed by atoms with van der Waals surface area (Å²) in [5, 5.41) is 8.20. The lowest BCUT2D eigenvalue weighted by molar-refractivity contribution is -0.136. The number of hydrogen-bond donors (Lipinski definition) is 2. The smallest absolute Gasteiger partial charge is 0.307 e. The molecule has 0 spiro atoms. The summed E-state index contributed by atoms with van der Waals surface area (Å²) in [7, 11) is 0. The molecule has 0 bridgehead atoms. The minimum atomic E-state index is -0.897. The molecule has 0 amide bonds. The number of hydrogen-bond acceptors (Lipinski definition) is 2. The Morgan fingerprint density at radius 1 is 1.78 bits per heavy atom. The van der Waals surface area contributed by atoms with Crippen LogP contribution in [0.1, 0.15) is 6.42 Å². The summed E-state index contributed by atoms with van der Waals surface area (Å²) in [6.07, 6.45) is 2.61. The summed E-state index contributed by atoms with van der Waals surface area (Å²) >= 11 is 0. The van der Waals surface area contributed by atoms with Crippen molar-refractivity contribution in [1.82, 2.24) is 0 Å². The van der Waals surface area contributed by atoms with Crippen LogP contribution in [0.4, 0.5) is 0 Å². The van der Waals surface area contributed by atoms with Gasteiger partial charge in [-0.2, -0.15) is 0 Å². The van der Waals surface area contributed by atoms with Gasteiger partial charge in [0.05, 0.1) is 6.42 Å². The second-order valence-electron chi connectivity index (χ2n) is 1.52. The predicted molar refractivity (Wildman–Crippen MR) is 34.7 cm³/mol. The summed E-state index contributed by atoms with van der Waals surface area (Å²) in [6, 6.07) is 0. The Labute approximate surface area is 53.5 Å². The first-order chi connectivity index (χ1) is 4.20. The van der Waals surface area contributed by atoms with Crippen LogP contribution in [0.5, 0.6) is 0 Å². The Bertz CT molecular complexity index is 149. The zero-order valence-electron chi connectivity index (χ0n) is 5.00. The third-order valence-corrected chi connectivity index (χ3v) is 0.832. The summed E-state index contributed by atoms with van der Waals surface area (Å²) in [5.74, 6) is -0.897. The number of carboxylic acid groups (broad SMARTS) is 1. The first kappa shape index (κ1) is 7.75. The molecule has 9 heavy (non-hydrogen) atoms. The van der Waals surface area contributed by atoms with E-state index in [0.717, 1.165) is 0 Å². The van der Waals surface area contributed by atoms with Gasteiger partial charge in [0.1, 0.15) is 0 Å². The molecule has 0 aromatic rings. The van der Waals surface area contributed by atoms with Gasteiger partial charge in [-0.15, -0.1) is 0 Å². The van der Waals surface area contributed by atoms with Crippen molar-refractivity contribution >= 4 is 5.97 Å². The lowest BCUT2D eigenvalue weighted by Gasteiger charge is -1.91. The zero-order chi connectivity index (χ0) is 7.28. The van der Waals surface area contributed by atoms with Crippen LogP contribution in [0.25, 0.3) is 0 Å². The normalized spacial score (nSPS) is 10.9. The van der Waals surface area contributed by atoms with Crippen LogP contribution in [-0.4, -0.2) is 11.1 Å². The van der Waals surface area contributed by atoms with Crippen LogP contribution in [0.2, 0.25) is 0 Å². The Morgan fingerprint density at radius 2 is 2.33 bits per heavy atom. The molecule has 0 atom stereocenters. The molecular weight excluding hydrogens is 118 g/mol. The maximum absolute atomic E-state index is 9.98. The first-order valence-corrected chi connectivity index (χ1v) is 2.45. The molecule has 0 rings (SSSR count). The van der Waals surface area contributed by atoms with E-state index in [-0.39, 0.29) is 6.42 Å². The molecule has 3 N–H and O–H groups in total. The van der Waals surface area contributed by atoms with Crippen molar-refractivity contribution in [2.24, 2.45) is 5.73 Å². The van der Waals surface area contributed by atoms with Crippen LogP contribution in [0.3, 0.4) is 0 Å². The SMILES string of the molecule is C=CC(=CN)CC(=O)O. The van der Waals surface area contributed by atoms with Crippen molar-refractivity contribution in [3.63, 3.8) is 0 Å². The molecule has 50 valence electrons. The van der Waals surface area contributed by atoms with Crippen molar-refractivity contribution in [2.75, 3.05) is 0 Å². The molecule has 0 aromatic heterocycles. The van der Waals surface area contributed by atoms with Crippen LogP contribution >= 0.6 is 0 Å². The minimum Gasteiger partial charge on any atom is -0.481 e. The lowest BCUT2D eigenvalue weighted by atomic mass is 10.2. The molecule has 0 fully saturated rings. The maximum atomic E-state index is 9.98. The van der Waals surface area contributed by atoms with E-state index in [1.54, 1.807) is 0 Å². The van der Waals surface area contributed by atoms with Gasteiger partial charge >= 0.3 is 5.97 Å². The number of allylic oxidation sites excluding steroid dienone is 1. The molecule has 3 heteroatoms. The van der Waals surface area contributed by atoms with Gasteiger partial charge in [-0.3, -0.25) is 4.79 Å². The Kier molecular flexibility index (Phi) is 3.20. The zero-order valence-corrected chi connectivity index (χ0v) is 5.00. The van der Waals surface area contributed by atoms with Gasteiger partial charge in [-0.05, 0) is 11.8 Å². The fourth-order valence-corrected chi connectivity index (χ4v) is 0.374. The summed E-state index contributed by atoms with van der Waals surface area (Å²) < 4.78 is 0. The highest BCUT2D eigenvalue weighted by molar-refractivity contribution is 5.70. The van der Waals surface area contributed by atoms with E-state index in [4.69, 9.17) is 10.8 Å². The molecule has 0 aliphatic heterocycles. The molecule has 0 saturated heterocycles. The van der Waals surface area contributed by atoms with Crippen molar-refractivity contribution in [3.8, 4) is 0 Å². The van der Waals surface area contributed by atoms with E-state index in [1.165, 1.54) is 12.3 Å². The van der Waals surface area contributed by atoms with Gasteiger partial charge in [0.15, 0.2) is 0 Å². The van der Waals surface area contributed by atoms with E-state index in [1.807, 2.05) is 0 Å². The van der Waals surface area contributed by atoms with E-state index < -0.39 is 5.97 Å². The second kappa shape index (κ2) is 3.72. The van der Waals surface area contributed by atoms with Gasteiger partial charge in [0, 0.05) is 0 Å². The number of nitrogens with two attached hydrogens (primary N) is 1. The number of carboxylic acids is 1. The molecule has 0 unspecified atom stereocenters. The Hall–Kier alpha value is -1.25. The number of carbonyl (C=O) groups is 1.